The van der Waals surface area contributed by atoms with E-state index in [0.717, 1.165) is 12.4 Å². The van der Waals surface area contributed by atoms with Crippen molar-refractivity contribution >= 4 is 10.8 Å². The van der Waals surface area contributed by atoms with Crippen LogP contribution < -0.4 is 4.74 Å². The molecule has 2 aromatic carbocycles. The summed E-state index contributed by atoms with van der Waals surface area (Å²) in [6, 6.07) is 12.6. The number of fused-ring (bicyclic) bond motifs is 1. The standard InChI is InChI=1S/C13H14O.2C2H6/c1-3-14-13-7-6-11-8-10(2)4-5-12(11)9-13;2*1-2/h4-9H,3H2,1-2H3;2*1-2H3. The summed E-state index contributed by atoms with van der Waals surface area (Å²) >= 11 is 0. The van der Waals surface area contributed by atoms with Crippen LogP contribution in [0.5, 0.6) is 5.75 Å². The molecule has 0 saturated carbocycles. The van der Waals surface area contributed by atoms with Crippen molar-refractivity contribution in [2.75, 3.05) is 6.61 Å². The van der Waals surface area contributed by atoms with E-state index in [9.17, 15) is 0 Å². The molecule has 18 heavy (non-hydrogen) atoms. The highest BCUT2D eigenvalue weighted by Crippen LogP contribution is 2.21. The first-order chi connectivity index (χ1) is 8.79. The quantitative estimate of drug-likeness (QED) is 0.670. The first kappa shape index (κ1) is 16.5. The molecule has 0 N–H and O–H groups in total. The molecular formula is C17H26O. The molecule has 0 aliphatic carbocycles. The third-order valence-corrected chi connectivity index (χ3v) is 2.28. The lowest BCUT2D eigenvalue weighted by atomic mass is 10.1. The summed E-state index contributed by atoms with van der Waals surface area (Å²) in [7, 11) is 0. The minimum absolute atomic E-state index is 0.720. The summed E-state index contributed by atoms with van der Waals surface area (Å²) in [5.41, 5.74) is 1.29. The van der Waals surface area contributed by atoms with Gasteiger partial charge in [-0.3, -0.25) is 0 Å². The maximum absolute atomic E-state index is 5.44. The van der Waals surface area contributed by atoms with E-state index in [0.29, 0.717) is 0 Å². The molecule has 0 bridgehead atoms. The molecule has 0 radical (unpaired) electrons. The maximum Gasteiger partial charge on any atom is 0.119 e. The zero-order valence-electron chi connectivity index (χ0n) is 12.6. The van der Waals surface area contributed by atoms with Crippen LogP contribution in [0, 0.1) is 6.92 Å². The van der Waals surface area contributed by atoms with Gasteiger partial charge in [0.05, 0.1) is 6.61 Å². The Morgan fingerprint density at radius 1 is 0.833 bits per heavy atom. The molecule has 0 saturated heterocycles. The van der Waals surface area contributed by atoms with E-state index in [1.165, 1.54) is 16.3 Å². The maximum atomic E-state index is 5.44. The second-order valence-electron chi connectivity index (χ2n) is 3.45. The molecule has 2 aromatic rings. The highest BCUT2D eigenvalue weighted by atomic mass is 16.5. The number of hydrogen-bond acceptors (Lipinski definition) is 1. The Bertz CT molecular complexity index is 446. The van der Waals surface area contributed by atoms with E-state index in [1.54, 1.807) is 0 Å². The summed E-state index contributed by atoms with van der Waals surface area (Å²) in [4.78, 5) is 0. The lowest BCUT2D eigenvalue weighted by molar-refractivity contribution is 0.341. The molecule has 2 rings (SSSR count). The third-order valence-electron chi connectivity index (χ3n) is 2.28. The normalized spacial score (nSPS) is 8.78. The highest BCUT2D eigenvalue weighted by molar-refractivity contribution is 5.84. The number of ether oxygens (including phenoxy) is 1. The van der Waals surface area contributed by atoms with Crippen LogP contribution in [0.25, 0.3) is 10.8 Å². The average molecular weight is 246 g/mol. The zero-order chi connectivity index (χ0) is 14.0. The van der Waals surface area contributed by atoms with Gasteiger partial charge in [0.1, 0.15) is 5.75 Å². The van der Waals surface area contributed by atoms with Gasteiger partial charge in [0.25, 0.3) is 0 Å². The first-order valence-corrected chi connectivity index (χ1v) is 6.93. The summed E-state index contributed by atoms with van der Waals surface area (Å²) in [6.45, 7) is 12.8. The van der Waals surface area contributed by atoms with Crippen molar-refractivity contribution in [3.63, 3.8) is 0 Å². The number of rotatable bonds is 2. The second-order valence-corrected chi connectivity index (χ2v) is 3.45. The smallest absolute Gasteiger partial charge is 0.119 e. The monoisotopic (exact) mass is 246 g/mol. The molecule has 1 heteroatoms. The molecule has 0 fully saturated rings. The van der Waals surface area contributed by atoms with Gasteiger partial charge in [-0.1, -0.05) is 57.5 Å². The van der Waals surface area contributed by atoms with E-state index in [4.69, 9.17) is 4.74 Å². The minimum Gasteiger partial charge on any atom is -0.494 e. The van der Waals surface area contributed by atoms with E-state index in [1.807, 2.05) is 40.7 Å². The van der Waals surface area contributed by atoms with Crippen molar-refractivity contribution in [1.82, 2.24) is 0 Å². The number of hydrogen-bond donors (Lipinski definition) is 0. The zero-order valence-corrected chi connectivity index (χ0v) is 12.6. The molecule has 0 spiro atoms. The fraction of sp³-hybridized carbons (Fsp3) is 0.412. The molecule has 0 unspecified atom stereocenters. The predicted octanol–water partition coefficient (Wildman–Crippen LogP) is 5.60. The van der Waals surface area contributed by atoms with Gasteiger partial charge in [0.15, 0.2) is 0 Å². The van der Waals surface area contributed by atoms with Crippen molar-refractivity contribution < 1.29 is 4.74 Å². The fourth-order valence-corrected chi connectivity index (χ4v) is 1.60. The van der Waals surface area contributed by atoms with E-state index in [2.05, 4.69) is 37.3 Å². The minimum atomic E-state index is 0.720. The highest BCUT2D eigenvalue weighted by Gasteiger charge is 1.96. The van der Waals surface area contributed by atoms with E-state index < -0.39 is 0 Å². The van der Waals surface area contributed by atoms with Crippen molar-refractivity contribution in [1.29, 1.82) is 0 Å². The van der Waals surface area contributed by atoms with E-state index in [-0.39, 0.29) is 0 Å². The van der Waals surface area contributed by atoms with Crippen LogP contribution in [-0.4, -0.2) is 6.61 Å². The van der Waals surface area contributed by atoms with Crippen molar-refractivity contribution in [3.05, 3.63) is 42.0 Å². The molecule has 1 nitrogen and oxygen atoms in total. The van der Waals surface area contributed by atoms with Crippen LogP contribution in [0.2, 0.25) is 0 Å². The Hall–Kier alpha value is -1.50. The van der Waals surface area contributed by atoms with Gasteiger partial charge in [-0.05, 0) is 36.8 Å². The Morgan fingerprint density at radius 3 is 2.00 bits per heavy atom. The van der Waals surface area contributed by atoms with Gasteiger partial charge >= 0.3 is 0 Å². The van der Waals surface area contributed by atoms with Crippen LogP contribution in [0.1, 0.15) is 40.2 Å². The van der Waals surface area contributed by atoms with Gasteiger partial charge in [-0.2, -0.15) is 0 Å². The first-order valence-electron chi connectivity index (χ1n) is 6.93. The largest absolute Gasteiger partial charge is 0.494 e. The SMILES string of the molecule is CC.CC.CCOc1ccc2cc(C)ccc2c1. The summed E-state index contributed by atoms with van der Waals surface area (Å²) in [5.74, 6) is 0.948. The summed E-state index contributed by atoms with van der Waals surface area (Å²) in [6.07, 6.45) is 0. The molecule has 0 amide bonds. The molecule has 0 atom stereocenters. The predicted molar refractivity (Wildman–Crippen MR) is 82.6 cm³/mol. The fourth-order valence-electron chi connectivity index (χ4n) is 1.60. The van der Waals surface area contributed by atoms with E-state index >= 15 is 0 Å². The van der Waals surface area contributed by atoms with Crippen LogP contribution in [0.15, 0.2) is 36.4 Å². The van der Waals surface area contributed by atoms with Gasteiger partial charge in [-0.15, -0.1) is 0 Å². The molecule has 0 heterocycles. The molecule has 0 aromatic heterocycles. The van der Waals surface area contributed by atoms with Crippen LogP contribution in [0.4, 0.5) is 0 Å². The Balaban J connectivity index is 0.000000659. The molecule has 0 aliphatic heterocycles. The Labute approximate surface area is 112 Å². The van der Waals surface area contributed by atoms with Crippen molar-refractivity contribution in [2.24, 2.45) is 0 Å². The topological polar surface area (TPSA) is 9.23 Å². The number of aryl methyl sites for hydroxylation is 1. The average Bonchev–Trinajstić information content (AvgIpc) is 2.44. The van der Waals surface area contributed by atoms with Crippen molar-refractivity contribution in [3.8, 4) is 5.75 Å². The second kappa shape index (κ2) is 9.52. The van der Waals surface area contributed by atoms with Gasteiger partial charge in [-0.25, -0.2) is 0 Å². The number of benzene rings is 2. The molecular weight excluding hydrogens is 220 g/mol. The Kier molecular flexibility index (Phi) is 8.73. The third kappa shape index (κ3) is 4.79. The summed E-state index contributed by atoms with van der Waals surface area (Å²) < 4.78 is 5.44. The molecule has 0 aliphatic rings. The van der Waals surface area contributed by atoms with Crippen LogP contribution in [0.3, 0.4) is 0 Å². The Morgan fingerprint density at radius 2 is 1.39 bits per heavy atom. The van der Waals surface area contributed by atoms with Crippen molar-refractivity contribution in [2.45, 2.75) is 41.5 Å². The lowest BCUT2D eigenvalue weighted by Gasteiger charge is -2.04. The lowest BCUT2D eigenvalue weighted by Crippen LogP contribution is -1.90. The molecule has 100 valence electrons. The van der Waals surface area contributed by atoms with Gasteiger partial charge in [0.2, 0.25) is 0 Å². The van der Waals surface area contributed by atoms with Crippen LogP contribution >= 0.6 is 0 Å². The van der Waals surface area contributed by atoms with Gasteiger partial charge < -0.3 is 4.74 Å². The van der Waals surface area contributed by atoms with Gasteiger partial charge in [0, 0.05) is 0 Å². The van der Waals surface area contributed by atoms with Crippen LogP contribution in [-0.2, 0) is 0 Å². The summed E-state index contributed by atoms with van der Waals surface area (Å²) in [5, 5.41) is 2.51.